The number of hydrogen-bond donors (Lipinski definition) is 0. The Morgan fingerprint density at radius 1 is 0.952 bits per heavy atom. The van der Waals surface area contributed by atoms with Gasteiger partial charge in [0.1, 0.15) is 11.5 Å². The van der Waals surface area contributed by atoms with E-state index in [4.69, 9.17) is 4.42 Å². The van der Waals surface area contributed by atoms with Crippen LogP contribution in [0.15, 0.2) is 56.9 Å². The van der Waals surface area contributed by atoms with E-state index in [2.05, 4.69) is 0 Å². The molecule has 1 heterocycles. The summed E-state index contributed by atoms with van der Waals surface area (Å²) in [4.78, 5) is 0.165. The molecule has 21 heavy (non-hydrogen) atoms. The van der Waals surface area contributed by atoms with Gasteiger partial charge in [-0.2, -0.15) is 0 Å². The second-order valence-electron chi connectivity index (χ2n) is 4.58. The van der Waals surface area contributed by atoms with Crippen LogP contribution in [0.25, 0.3) is 0 Å². The van der Waals surface area contributed by atoms with Crippen LogP contribution in [0, 0.1) is 0 Å². The molecule has 114 valence electrons. The van der Waals surface area contributed by atoms with Gasteiger partial charge < -0.3 is 4.42 Å². The summed E-state index contributed by atoms with van der Waals surface area (Å²) < 4.78 is 54.2. The van der Waals surface area contributed by atoms with Crippen LogP contribution < -0.4 is 0 Å². The number of rotatable bonds is 5. The predicted molar refractivity (Wildman–Crippen MR) is 76.9 cm³/mol. The molecule has 0 saturated heterocycles. The van der Waals surface area contributed by atoms with E-state index in [1.807, 2.05) is 0 Å². The molecule has 2 aromatic rings. The Morgan fingerprint density at radius 2 is 1.57 bits per heavy atom. The van der Waals surface area contributed by atoms with Gasteiger partial charge in [0.05, 0.1) is 4.90 Å². The van der Waals surface area contributed by atoms with Crippen LogP contribution in [-0.2, 0) is 25.6 Å². The van der Waals surface area contributed by atoms with E-state index in [9.17, 15) is 16.8 Å². The maximum atomic E-state index is 12.2. The first-order chi connectivity index (χ1) is 9.73. The summed E-state index contributed by atoms with van der Waals surface area (Å²) in [5.41, 5.74) is 0. The highest BCUT2D eigenvalue weighted by atomic mass is 32.2. The number of sulfonamides is 1. The average molecular weight is 329 g/mol. The largest absolute Gasteiger partial charge is 0.447 e. The summed E-state index contributed by atoms with van der Waals surface area (Å²) >= 11 is 0. The van der Waals surface area contributed by atoms with E-state index in [0.29, 0.717) is 0 Å². The van der Waals surface area contributed by atoms with Gasteiger partial charge in [0, 0.05) is 14.1 Å². The Labute approximate surface area is 124 Å². The Hall–Kier alpha value is -1.64. The second kappa shape index (κ2) is 5.63. The minimum atomic E-state index is -3.70. The number of nitrogens with zero attached hydrogens (tertiary/aromatic N) is 1. The standard InChI is InChI=1S/C13H15NO5S2/c1-14(2)21(17,18)13-9-8-11(19-13)10-20(15,16)12-6-4-3-5-7-12/h3-9H,10H2,1-2H3. The lowest BCUT2D eigenvalue weighted by atomic mass is 10.4. The average Bonchev–Trinajstić information content (AvgIpc) is 2.88. The van der Waals surface area contributed by atoms with E-state index in [1.54, 1.807) is 18.2 Å². The highest BCUT2D eigenvalue weighted by molar-refractivity contribution is 7.90. The van der Waals surface area contributed by atoms with Gasteiger partial charge in [-0.3, -0.25) is 0 Å². The molecular weight excluding hydrogens is 314 g/mol. The molecule has 0 aliphatic heterocycles. The van der Waals surface area contributed by atoms with Crippen LogP contribution in [-0.4, -0.2) is 35.2 Å². The van der Waals surface area contributed by atoms with Gasteiger partial charge in [0.25, 0.3) is 10.0 Å². The maximum absolute atomic E-state index is 12.2. The highest BCUT2D eigenvalue weighted by Crippen LogP contribution is 2.21. The molecule has 2 rings (SSSR count). The summed E-state index contributed by atoms with van der Waals surface area (Å²) in [6, 6.07) is 10.5. The van der Waals surface area contributed by atoms with Gasteiger partial charge >= 0.3 is 0 Å². The zero-order chi connectivity index (χ0) is 15.7. The first-order valence-corrected chi connectivity index (χ1v) is 9.12. The summed E-state index contributed by atoms with van der Waals surface area (Å²) in [7, 11) is -4.53. The zero-order valence-electron chi connectivity index (χ0n) is 11.6. The lowest BCUT2D eigenvalue weighted by Crippen LogP contribution is -2.21. The molecule has 1 aromatic heterocycles. The second-order valence-corrected chi connectivity index (χ2v) is 8.65. The summed E-state index contributed by atoms with van der Waals surface area (Å²) in [6.45, 7) is 0. The van der Waals surface area contributed by atoms with Crippen molar-refractivity contribution in [3.05, 3.63) is 48.2 Å². The van der Waals surface area contributed by atoms with Crippen molar-refractivity contribution in [1.29, 1.82) is 0 Å². The third-order valence-electron chi connectivity index (χ3n) is 2.81. The molecule has 0 saturated carbocycles. The van der Waals surface area contributed by atoms with E-state index in [0.717, 1.165) is 4.31 Å². The minimum Gasteiger partial charge on any atom is -0.447 e. The fourth-order valence-electron chi connectivity index (χ4n) is 1.65. The molecule has 8 heteroatoms. The zero-order valence-corrected chi connectivity index (χ0v) is 13.2. The van der Waals surface area contributed by atoms with Crippen molar-refractivity contribution in [2.45, 2.75) is 15.7 Å². The van der Waals surface area contributed by atoms with Crippen molar-refractivity contribution >= 4 is 19.9 Å². The third-order valence-corrected chi connectivity index (χ3v) is 6.15. The Bertz CT molecular complexity index is 820. The Kier molecular flexibility index (Phi) is 4.22. The Morgan fingerprint density at radius 3 is 2.14 bits per heavy atom. The van der Waals surface area contributed by atoms with Gasteiger partial charge in [-0.25, -0.2) is 21.1 Å². The van der Waals surface area contributed by atoms with E-state index < -0.39 is 19.9 Å². The lowest BCUT2D eigenvalue weighted by Gasteiger charge is -2.07. The maximum Gasteiger partial charge on any atom is 0.275 e. The molecule has 0 aliphatic carbocycles. The summed E-state index contributed by atoms with van der Waals surface area (Å²) in [5.74, 6) is -0.306. The topological polar surface area (TPSA) is 84.7 Å². The van der Waals surface area contributed by atoms with E-state index >= 15 is 0 Å². The van der Waals surface area contributed by atoms with Crippen molar-refractivity contribution in [1.82, 2.24) is 4.31 Å². The van der Waals surface area contributed by atoms with Crippen LogP contribution in [0.5, 0.6) is 0 Å². The van der Waals surface area contributed by atoms with Gasteiger partial charge in [-0.05, 0) is 24.3 Å². The monoisotopic (exact) mass is 329 g/mol. The van der Waals surface area contributed by atoms with Gasteiger partial charge in [0.2, 0.25) is 5.09 Å². The number of furan rings is 1. The van der Waals surface area contributed by atoms with Gasteiger partial charge in [0.15, 0.2) is 9.84 Å². The number of hydrogen-bond acceptors (Lipinski definition) is 5. The molecule has 1 aromatic carbocycles. The SMILES string of the molecule is CN(C)S(=O)(=O)c1ccc(CS(=O)(=O)c2ccccc2)o1. The highest BCUT2D eigenvalue weighted by Gasteiger charge is 2.23. The molecule has 0 amide bonds. The molecule has 0 fully saturated rings. The van der Waals surface area contributed by atoms with Crippen molar-refractivity contribution in [3.8, 4) is 0 Å². The van der Waals surface area contributed by atoms with Crippen LogP contribution >= 0.6 is 0 Å². The molecule has 0 spiro atoms. The quantitative estimate of drug-likeness (QED) is 0.830. The fraction of sp³-hybridized carbons (Fsp3) is 0.231. The summed E-state index contributed by atoms with van der Waals surface area (Å²) in [6.07, 6.45) is 0. The first-order valence-electron chi connectivity index (χ1n) is 6.02. The molecule has 6 nitrogen and oxygen atoms in total. The van der Waals surface area contributed by atoms with Crippen LogP contribution in [0.2, 0.25) is 0 Å². The van der Waals surface area contributed by atoms with Gasteiger partial charge in [-0.15, -0.1) is 0 Å². The van der Waals surface area contributed by atoms with E-state index in [1.165, 1.54) is 38.4 Å². The normalized spacial score (nSPS) is 12.7. The smallest absolute Gasteiger partial charge is 0.275 e. The molecular formula is C13H15NO5S2. The molecule has 0 atom stereocenters. The fourth-order valence-corrected chi connectivity index (χ4v) is 3.73. The molecule has 0 unspecified atom stereocenters. The van der Waals surface area contributed by atoms with Crippen molar-refractivity contribution in [2.24, 2.45) is 0 Å². The predicted octanol–water partition coefficient (Wildman–Crippen LogP) is 1.50. The first kappa shape index (κ1) is 15.7. The third kappa shape index (κ3) is 3.34. The van der Waals surface area contributed by atoms with Crippen molar-refractivity contribution in [3.63, 3.8) is 0 Å². The van der Waals surface area contributed by atoms with Crippen LogP contribution in [0.1, 0.15) is 5.76 Å². The van der Waals surface area contributed by atoms with Crippen LogP contribution in [0.4, 0.5) is 0 Å². The number of sulfone groups is 1. The van der Waals surface area contributed by atoms with Crippen LogP contribution in [0.3, 0.4) is 0 Å². The summed E-state index contributed by atoms with van der Waals surface area (Å²) in [5, 5.41) is -0.272. The van der Waals surface area contributed by atoms with Crippen molar-refractivity contribution < 1.29 is 21.3 Å². The molecule has 0 bridgehead atoms. The Balaban J connectivity index is 2.29. The van der Waals surface area contributed by atoms with E-state index in [-0.39, 0.29) is 21.5 Å². The number of benzene rings is 1. The minimum absolute atomic E-state index is 0.0827. The van der Waals surface area contributed by atoms with Crippen molar-refractivity contribution in [2.75, 3.05) is 14.1 Å². The molecule has 0 aliphatic rings. The molecule has 0 radical (unpaired) electrons. The lowest BCUT2D eigenvalue weighted by molar-refractivity contribution is 0.406. The van der Waals surface area contributed by atoms with Gasteiger partial charge in [-0.1, -0.05) is 18.2 Å². The molecule has 0 N–H and O–H groups in total.